The summed E-state index contributed by atoms with van der Waals surface area (Å²) < 4.78 is 10.3. The van der Waals surface area contributed by atoms with E-state index < -0.39 is 8.03 Å². The molecule has 0 fully saturated rings. The Labute approximate surface area is 56.1 Å². The van der Waals surface area contributed by atoms with Crippen LogP contribution in [-0.2, 0) is 4.57 Å². The number of hydrogen-bond donors (Lipinski definition) is 2. The van der Waals surface area contributed by atoms with E-state index in [-0.39, 0.29) is 5.66 Å². The minimum Gasteiger partial charge on any atom is -0.330 e. The highest BCUT2D eigenvalue weighted by Crippen LogP contribution is 2.24. The number of hydrogen-bond acceptors (Lipinski definition) is 2. The monoisotopic (exact) mass is 150 g/mol. The fraction of sp³-hybridized carbons (Fsp3) is 1.00. The molecular weight excluding hydrogens is 137 g/mol. The molecule has 0 aromatic carbocycles. The summed E-state index contributed by atoms with van der Waals surface area (Å²) in [5, 5.41) is 0. The first-order valence-electron chi connectivity index (χ1n) is 3.03. The van der Waals surface area contributed by atoms with Crippen molar-refractivity contribution in [3.63, 3.8) is 0 Å². The van der Waals surface area contributed by atoms with Crippen molar-refractivity contribution in [1.29, 1.82) is 0 Å². The van der Waals surface area contributed by atoms with E-state index in [4.69, 9.17) is 10.6 Å². The maximum Gasteiger partial charge on any atom is 0.508 e. The average Bonchev–Trinajstić information content (AvgIpc) is 1.82. The smallest absolute Gasteiger partial charge is 0.330 e. The van der Waals surface area contributed by atoms with Crippen molar-refractivity contribution in [2.24, 2.45) is 5.73 Å². The topological polar surface area (TPSA) is 63.3 Å². The first kappa shape index (κ1) is 9.02. The van der Waals surface area contributed by atoms with Crippen molar-refractivity contribution < 1.29 is 9.46 Å². The van der Waals surface area contributed by atoms with Crippen molar-refractivity contribution in [2.75, 3.05) is 6.54 Å². The summed E-state index contributed by atoms with van der Waals surface area (Å²) in [6.45, 7) is 2.36. The van der Waals surface area contributed by atoms with Crippen molar-refractivity contribution in [3.05, 3.63) is 0 Å². The number of rotatable bonds is 4. The Morgan fingerprint density at radius 1 is 1.78 bits per heavy atom. The van der Waals surface area contributed by atoms with Gasteiger partial charge in [0, 0.05) is 0 Å². The van der Waals surface area contributed by atoms with Crippen molar-refractivity contribution in [3.8, 4) is 0 Å². The molecule has 2 atom stereocenters. The SMILES string of the molecule is CC(CCCN)[P+](=O)O. The second-order valence-corrected chi connectivity index (χ2v) is 3.57. The molecule has 0 rings (SSSR count). The van der Waals surface area contributed by atoms with Crippen molar-refractivity contribution >= 4 is 8.03 Å². The normalized spacial score (nSPS) is 15.2. The zero-order valence-electron chi connectivity index (χ0n) is 5.58. The standard InChI is InChI=1S/C5H12NO2P/c1-5(9(7)8)3-2-4-6/h5H,2-4,6H2,1H3/p+1. The molecule has 54 valence electrons. The van der Waals surface area contributed by atoms with E-state index in [1.165, 1.54) is 0 Å². The van der Waals surface area contributed by atoms with E-state index in [0.717, 1.165) is 12.8 Å². The lowest BCUT2D eigenvalue weighted by atomic mass is 10.2. The third-order valence-electron chi connectivity index (χ3n) is 1.20. The second-order valence-electron chi connectivity index (χ2n) is 2.08. The summed E-state index contributed by atoms with van der Waals surface area (Å²) in [6.07, 6.45) is 1.59. The summed E-state index contributed by atoms with van der Waals surface area (Å²) in [5.74, 6) is 0. The van der Waals surface area contributed by atoms with Gasteiger partial charge in [0.05, 0.1) is 0 Å². The van der Waals surface area contributed by atoms with Crippen LogP contribution in [0, 0.1) is 0 Å². The summed E-state index contributed by atoms with van der Waals surface area (Å²) >= 11 is 0. The van der Waals surface area contributed by atoms with Gasteiger partial charge < -0.3 is 5.73 Å². The van der Waals surface area contributed by atoms with Crippen LogP contribution >= 0.6 is 8.03 Å². The Morgan fingerprint density at radius 2 is 2.33 bits per heavy atom. The van der Waals surface area contributed by atoms with Gasteiger partial charge in [0.1, 0.15) is 0 Å². The lowest BCUT2D eigenvalue weighted by Crippen LogP contribution is -2.03. The van der Waals surface area contributed by atoms with Crippen LogP contribution in [0.5, 0.6) is 0 Å². The molecule has 2 unspecified atom stereocenters. The molecule has 0 amide bonds. The molecule has 0 saturated carbocycles. The molecular formula is C5H13NO2P+. The Bertz CT molecular complexity index is 97.0. The Morgan fingerprint density at radius 3 is 2.67 bits per heavy atom. The zero-order valence-corrected chi connectivity index (χ0v) is 6.47. The van der Waals surface area contributed by atoms with Gasteiger partial charge in [-0.1, -0.05) is 0 Å². The molecule has 9 heavy (non-hydrogen) atoms. The fourth-order valence-electron chi connectivity index (χ4n) is 0.524. The van der Waals surface area contributed by atoms with Gasteiger partial charge in [0.2, 0.25) is 0 Å². The molecule has 0 saturated heterocycles. The molecule has 0 aliphatic rings. The summed E-state index contributed by atoms with van der Waals surface area (Å²) in [5.41, 5.74) is 5.11. The van der Waals surface area contributed by atoms with E-state index >= 15 is 0 Å². The van der Waals surface area contributed by atoms with Crippen molar-refractivity contribution in [2.45, 2.75) is 25.4 Å². The van der Waals surface area contributed by atoms with Gasteiger partial charge in [-0.15, -0.1) is 0 Å². The highest BCUT2D eigenvalue weighted by atomic mass is 31.1. The molecule has 0 aromatic heterocycles. The quantitative estimate of drug-likeness (QED) is 0.584. The lowest BCUT2D eigenvalue weighted by molar-refractivity contribution is 0.486. The van der Waals surface area contributed by atoms with E-state index in [9.17, 15) is 4.57 Å². The van der Waals surface area contributed by atoms with Crippen molar-refractivity contribution in [1.82, 2.24) is 0 Å². The maximum absolute atomic E-state index is 10.3. The highest BCUT2D eigenvalue weighted by molar-refractivity contribution is 7.38. The van der Waals surface area contributed by atoms with Gasteiger partial charge in [-0.05, 0) is 30.9 Å². The molecule has 0 heterocycles. The molecule has 0 radical (unpaired) electrons. The maximum atomic E-state index is 10.3. The van der Waals surface area contributed by atoms with Crippen LogP contribution in [0.2, 0.25) is 0 Å². The van der Waals surface area contributed by atoms with Crippen LogP contribution in [0.25, 0.3) is 0 Å². The minimum absolute atomic E-state index is 0.0939. The number of nitrogens with two attached hydrogens (primary N) is 1. The van der Waals surface area contributed by atoms with Gasteiger partial charge >= 0.3 is 8.03 Å². The van der Waals surface area contributed by atoms with E-state index in [0.29, 0.717) is 6.54 Å². The summed E-state index contributed by atoms with van der Waals surface area (Å²) in [4.78, 5) is 8.52. The average molecular weight is 150 g/mol. The van der Waals surface area contributed by atoms with E-state index in [1.54, 1.807) is 6.92 Å². The first-order valence-corrected chi connectivity index (χ1v) is 4.32. The van der Waals surface area contributed by atoms with Gasteiger partial charge in [-0.2, -0.15) is 4.89 Å². The predicted octanol–water partition coefficient (Wildman–Crippen LogP) is 0.849. The molecule has 0 aliphatic carbocycles. The van der Waals surface area contributed by atoms with Crippen LogP contribution in [0.1, 0.15) is 19.8 Å². The third-order valence-corrected chi connectivity index (χ3v) is 2.22. The second kappa shape index (κ2) is 4.86. The molecule has 0 aliphatic heterocycles. The predicted molar refractivity (Wildman–Crippen MR) is 37.6 cm³/mol. The van der Waals surface area contributed by atoms with E-state index in [1.807, 2.05) is 0 Å². The fourth-order valence-corrected chi connectivity index (χ4v) is 0.927. The van der Waals surface area contributed by atoms with Gasteiger partial charge in [-0.25, -0.2) is 0 Å². The molecule has 3 nitrogen and oxygen atoms in total. The Balaban J connectivity index is 3.27. The molecule has 0 bridgehead atoms. The first-order chi connectivity index (χ1) is 4.18. The van der Waals surface area contributed by atoms with Gasteiger partial charge in [0.15, 0.2) is 5.66 Å². The summed E-state index contributed by atoms with van der Waals surface area (Å²) in [7, 11) is -1.98. The van der Waals surface area contributed by atoms with Crippen LogP contribution in [0.15, 0.2) is 0 Å². The third kappa shape index (κ3) is 4.52. The van der Waals surface area contributed by atoms with Crippen LogP contribution in [0.4, 0.5) is 0 Å². The van der Waals surface area contributed by atoms with Crippen LogP contribution in [-0.4, -0.2) is 17.1 Å². The molecule has 3 N–H and O–H groups in total. The summed E-state index contributed by atoms with van der Waals surface area (Å²) in [6, 6.07) is 0. The molecule has 4 heteroatoms. The van der Waals surface area contributed by atoms with Gasteiger partial charge in [0.25, 0.3) is 0 Å². The Hall–Kier alpha value is 0.0200. The van der Waals surface area contributed by atoms with Gasteiger partial charge in [-0.3, -0.25) is 0 Å². The molecule has 0 spiro atoms. The Kier molecular flexibility index (Phi) is 4.87. The zero-order chi connectivity index (χ0) is 7.28. The minimum atomic E-state index is -1.98. The largest absolute Gasteiger partial charge is 0.508 e. The molecule has 0 aromatic rings. The van der Waals surface area contributed by atoms with Crippen LogP contribution in [0.3, 0.4) is 0 Å². The lowest BCUT2D eigenvalue weighted by Gasteiger charge is -1.93. The van der Waals surface area contributed by atoms with Crippen LogP contribution < -0.4 is 5.73 Å². The van der Waals surface area contributed by atoms with E-state index in [2.05, 4.69) is 0 Å². The highest BCUT2D eigenvalue weighted by Gasteiger charge is 2.21.